The van der Waals surface area contributed by atoms with Gasteiger partial charge in [-0.15, -0.1) is 0 Å². The van der Waals surface area contributed by atoms with Gasteiger partial charge in [0.05, 0.1) is 5.41 Å². The number of amides is 1. The molecule has 2 aliphatic heterocycles. The van der Waals surface area contributed by atoms with Gasteiger partial charge in [0.15, 0.2) is 0 Å². The number of piperidine rings is 1. The summed E-state index contributed by atoms with van der Waals surface area (Å²) < 4.78 is 12.9. The Hall–Kier alpha value is -1.42. The Morgan fingerprint density at radius 2 is 2.05 bits per heavy atom. The first-order valence-corrected chi connectivity index (χ1v) is 6.94. The van der Waals surface area contributed by atoms with Crippen molar-refractivity contribution in [2.24, 2.45) is 5.41 Å². The molecule has 1 spiro atoms. The average molecular weight is 262 g/mol. The number of rotatable bonds is 2. The smallest absolute Gasteiger partial charge is 0.230 e. The van der Waals surface area contributed by atoms with Crippen LogP contribution in [0.5, 0.6) is 0 Å². The standard InChI is InChI=1S/C15H19FN2O/c16-13-4-2-12(3-5-13)10-18-9-7-15(14(18)19)6-1-8-17-11-15/h2-5,17H,1,6-11H2/t15-/m1/s1. The van der Waals surface area contributed by atoms with Crippen molar-refractivity contribution in [3.63, 3.8) is 0 Å². The zero-order chi connectivity index (χ0) is 13.3. The summed E-state index contributed by atoms with van der Waals surface area (Å²) in [6.07, 6.45) is 3.02. The van der Waals surface area contributed by atoms with Crippen LogP contribution in [-0.2, 0) is 11.3 Å². The van der Waals surface area contributed by atoms with Crippen molar-refractivity contribution in [3.8, 4) is 0 Å². The van der Waals surface area contributed by atoms with Crippen molar-refractivity contribution >= 4 is 5.91 Å². The highest BCUT2D eigenvalue weighted by atomic mass is 19.1. The molecule has 3 rings (SSSR count). The van der Waals surface area contributed by atoms with E-state index in [0.29, 0.717) is 6.54 Å². The number of carbonyl (C=O) groups is 1. The van der Waals surface area contributed by atoms with Crippen LogP contribution in [0.2, 0.25) is 0 Å². The van der Waals surface area contributed by atoms with Crippen LogP contribution in [0, 0.1) is 11.2 Å². The van der Waals surface area contributed by atoms with E-state index in [4.69, 9.17) is 0 Å². The molecule has 4 heteroatoms. The summed E-state index contributed by atoms with van der Waals surface area (Å²) in [5, 5.41) is 3.34. The molecule has 0 aliphatic carbocycles. The third-order valence-corrected chi connectivity index (χ3v) is 4.36. The summed E-state index contributed by atoms with van der Waals surface area (Å²) in [5.74, 6) is 0.0356. The van der Waals surface area contributed by atoms with Gasteiger partial charge in [-0.25, -0.2) is 4.39 Å². The number of nitrogens with zero attached hydrogens (tertiary/aromatic N) is 1. The lowest BCUT2D eigenvalue weighted by molar-refractivity contribution is -0.137. The van der Waals surface area contributed by atoms with E-state index < -0.39 is 0 Å². The van der Waals surface area contributed by atoms with Gasteiger partial charge in [0.25, 0.3) is 0 Å². The summed E-state index contributed by atoms with van der Waals surface area (Å²) in [6, 6.07) is 6.42. The van der Waals surface area contributed by atoms with Gasteiger partial charge in [0.2, 0.25) is 5.91 Å². The molecule has 0 aromatic heterocycles. The highest BCUT2D eigenvalue weighted by Crippen LogP contribution is 2.38. The fourth-order valence-electron chi connectivity index (χ4n) is 3.22. The van der Waals surface area contributed by atoms with E-state index in [0.717, 1.165) is 44.5 Å². The largest absolute Gasteiger partial charge is 0.338 e. The summed E-state index contributed by atoms with van der Waals surface area (Å²) >= 11 is 0. The van der Waals surface area contributed by atoms with Gasteiger partial charge in [-0.1, -0.05) is 12.1 Å². The Kier molecular flexibility index (Phi) is 3.27. The summed E-state index contributed by atoms with van der Waals surface area (Å²) in [5.41, 5.74) is 0.828. The van der Waals surface area contributed by atoms with E-state index in [1.807, 2.05) is 4.90 Å². The maximum atomic E-state index is 12.9. The molecular formula is C15H19FN2O. The minimum atomic E-state index is -0.232. The van der Waals surface area contributed by atoms with Crippen LogP contribution in [0.1, 0.15) is 24.8 Å². The van der Waals surface area contributed by atoms with Gasteiger partial charge in [-0.3, -0.25) is 4.79 Å². The van der Waals surface area contributed by atoms with Gasteiger partial charge < -0.3 is 10.2 Å². The summed E-state index contributed by atoms with van der Waals surface area (Å²) in [4.78, 5) is 14.5. The lowest BCUT2D eigenvalue weighted by atomic mass is 9.79. The van der Waals surface area contributed by atoms with Gasteiger partial charge in [-0.2, -0.15) is 0 Å². The van der Waals surface area contributed by atoms with Crippen LogP contribution in [0.15, 0.2) is 24.3 Å². The summed E-state index contributed by atoms with van der Waals surface area (Å²) in [7, 11) is 0. The Morgan fingerprint density at radius 1 is 1.26 bits per heavy atom. The molecule has 0 saturated carbocycles. The van der Waals surface area contributed by atoms with E-state index >= 15 is 0 Å². The van der Waals surface area contributed by atoms with E-state index in [1.165, 1.54) is 12.1 Å². The van der Waals surface area contributed by atoms with Crippen LogP contribution in [0.25, 0.3) is 0 Å². The molecule has 1 atom stereocenters. The lowest BCUT2D eigenvalue weighted by Gasteiger charge is -2.32. The Balaban J connectivity index is 1.70. The quantitative estimate of drug-likeness (QED) is 0.883. The molecule has 1 amide bonds. The zero-order valence-corrected chi connectivity index (χ0v) is 11.0. The van der Waals surface area contributed by atoms with Crippen molar-refractivity contribution in [1.82, 2.24) is 10.2 Å². The zero-order valence-electron chi connectivity index (χ0n) is 11.0. The molecule has 1 aromatic rings. The Morgan fingerprint density at radius 3 is 2.74 bits per heavy atom. The maximum absolute atomic E-state index is 12.9. The Labute approximate surface area is 112 Å². The van der Waals surface area contributed by atoms with Crippen molar-refractivity contribution in [1.29, 1.82) is 0 Å². The predicted molar refractivity (Wildman–Crippen MR) is 71.0 cm³/mol. The van der Waals surface area contributed by atoms with Crippen LogP contribution in [-0.4, -0.2) is 30.4 Å². The highest BCUT2D eigenvalue weighted by molar-refractivity contribution is 5.85. The minimum absolute atomic E-state index is 0.168. The van der Waals surface area contributed by atoms with E-state index in [2.05, 4.69) is 5.32 Å². The third kappa shape index (κ3) is 2.37. The van der Waals surface area contributed by atoms with Crippen LogP contribution in [0.3, 0.4) is 0 Å². The van der Waals surface area contributed by atoms with Crippen molar-refractivity contribution < 1.29 is 9.18 Å². The predicted octanol–water partition coefficient (Wildman–Crippen LogP) is 1.93. The average Bonchev–Trinajstić information content (AvgIpc) is 2.72. The fourth-order valence-corrected chi connectivity index (χ4v) is 3.22. The monoisotopic (exact) mass is 262 g/mol. The molecule has 2 aliphatic rings. The van der Waals surface area contributed by atoms with Crippen molar-refractivity contribution in [2.45, 2.75) is 25.8 Å². The minimum Gasteiger partial charge on any atom is -0.338 e. The van der Waals surface area contributed by atoms with Crippen LogP contribution >= 0.6 is 0 Å². The van der Waals surface area contributed by atoms with Crippen molar-refractivity contribution in [3.05, 3.63) is 35.6 Å². The number of halogens is 1. The molecular weight excluding hydrogens is 243 g/mol. The number of carbonyl (C=O) groups excluding carboxylic acids is 1. The number of nitrogens with one attached hydrogen (secondary N) is 1. The second kappa shape index (κ2) is 4.93. The first-order valence-electron chi connectivity index (χ1n) is 6.94. The molecule has 1 aromatic carbocycles. The third-order valence-electron chi connectivity index (χ3n) is 4.36. The SMILES string of the molecule is O=C1N(Cc2ccc(F)cc2)CC[C@@]12CCCNC2. The molecule has 2 heterocycles. The number of hydrogen-bond donors (Lipinski definition) is 1. The lowest BCUT2D eigenvalue weighted by Crippen LogP contribution is -2.45. The van der Waals surface area contributed by atoms with Gasteiger partial charge in [0, 0.05) is 19.6 Å². The normalized spacial score (nSPS) is 27.2. The topological polar surface area (TPSA) is 32.3 Å². The second-order valence-electron chi connectivity index (χ2n) is 5.66. The van der Waals surface area contributed by atoms with E-state index in [-0.39, 0.29) is 17.1 Å². The second-order valence-corrected chi connectivity index (χ2v) is 5.66. The van der Waals surface area contributed by atoms with Crippen LogP contribution < -0.4 is 5.32 Å². The first kappa shape index (κ1) is 12.6. The molecule has 102 valence electrons. The molecule has 19 heavy (non-hydrogen) atoms. The van der Waals surface area contributed by atoms with E-state index in [1.54, 1.807) is 12.1 Å². The molecule has 0 bridgehead atoms. The van der Waals surface area contributed by atoms with Crippen LogP contribution in [0.4, 0.5) is 4.39 Å². The number of likely N-dealkylation sites (tertiary alicyclic amines) is 1. The fraction of sp³-hybridized carbons (Fsp3) is 0.533. The van der Waals surface area contributed by atoms with Gasteiger partial charge in [-0.05, 0) is 43.5 Å². The number of hydrogen-bond acceptors (Lipinski definition) is 2. The maximum Gasteiger partial charge on any atom is 0.230 e. The molecule has 1 N–H and O–H groups in total. The molecule has 3 nitrogen and oxygen atoms in total. The summed E-state index contributed by atoms with van der Waals surface area (Å²) in [6.45, 7) is 3.25. The molecule has 2 fully saturated rings. The van der Waals surface area contributed by atoms with E-state index in [9.17, 15) is 9.18 Å². The Bertz CT molecular complexity index is 466. The van der Waals surface area contributed by atoms with Crippen molar-refractivity contribution in [2.75, 3.05) is 19.6 Å². The molecule has 0 unspecified atom stereocenters. The number of benzene rings is 1. The first-order chi connectivity index (χ1) is 9.20. The highest BCUT2D eigenvalue weighted by Gasteiger charge is 2.46. The van der Waals surface area contributed by atoms with Gasteiger partial charge >= 0.3 is 0 Å². The van der Waals surface area contributed by atoms with Gasteiger partial charge in [0.1, 0.15) is 5.82 Å². The molecule has 0 radical (unpaired) electrons. The molecule has 2 saturated heterocycles.